The molecule has 0 saturated carbocycles. The van der Waals surface area contributed by atoms with Gasteiger partial charge in [0.2, 0.25) is 5.91 Å². The van der Waals surface area contributed by atoms with E-state index in [1.54, 1.807) is 24.3 Å². The van der Waals surface area contributed by atoms with Crippen molar-refractivity contribution in [1.29, 1.82) is 0 Å². The van der Waals surface area contributed by atoms with Crippen LogP contribution in [-0.4, -0.2) is 44.3 Å². The van der Waals surface area contributed by atoms with E-state index in [-0.39, 0.29) is 29.9 Å². The second-order valence-corrected chi connectivity index (χ2v) is 10.9. The Morgan fingerprint density at radius 2 is 1.88 bits per heavy atom. The Hall–Kier alpha value is -4.59. The smallest absolute Gasteiger partial charge is 0.406 e. The van der Waals surface area contributed by atoms with E-state index < -0.39 is 23.7 Å². The molecular formula is C29H26F4N6O3S. The summed E-state index contributed by atoms with van der Waals surface area (Å²) >= 11 is 1.27. The second kappa shape index (κ2) is 12.3. The summed E-state index contributed by atoms with van der Waals surface area (Å²) in [5.74, 6) is -0.417. The number of carbonyl (C=O) groups is 2. The van der Waals surface area contributed by atoms with Crippen LogP contribution in [0.15, 0.2) is 73.1 Å². The Morgan fingerprint density at radius 3 is 2.60 bits per heavy atom. The number of urea groups is 1. The van der Waals surface area contributed by atoms with Crippen LogP contribution >= 0.6 is 11.8 Å². The van der Waals surface area contributed by atoms with E-state index >= 15 is 0 Å². The van der Waals surface area contributed by atoms with Gasteiger partial charge in [0.1, 0.15) is 17.9 Å². The lowest BCUT2D eigenvalue weighted by Crippen LogP contribution is -2.48. The Morgan fingerprint density at radius 1 is 1.12 bits per heavy atom. The molecule has 1 unspecified atom stereocenters. The molecular weight excluding hydrogens is 588 g/mol. The molecule has 224 valence electrons. The molecule has 0 spiro atoms. The maximum Gasteiger partial charge on any atom is 0.573 e. The maximum absolute atomic E-state index is 13.9. The molecule has 1 aliphatic rings. The number of hydrogen-bond donors (Lipinski definition) is 2. The highest BCUT2D eigenvalue weighted by molar-refractivity contribution is 8.01. The van der Waals surface area contributed by atoms with Gasteiger partial charge in [0, 0.05) is 12.1 Å². The third-order valence-corrected chi connectivity index (χ3v) is 7.52. The summed E-state index contributed by atoms with van der Waals surface area (Å²) in [5.41, 5.74) is 2.47. The summed E-state index contributed by atoms with van der Waals surface area (Å²) in [6, 6.07) is 16.2. The standard InChI is InChI=1S/C29H26F4N6O3S/c1-17(2)23-13-20(30)6-11-24(23)39-25(40)15-43-28(39)36-27(41)34-14-18-4-3-5-19(12-18)26-35-16-38(37-26)21-7-9-22(10-8-21)42-29(31,32)33/h3-13,16-17,28H,14-15H2,1-2H3,(H2,34,36,41). The minimum absolute atomic E-state index is 0.0369. The number of aromatic nitrogens is 3. The average molecular weight is 615 g/mol. The van der Waals surface area contributed by atoms with E-state index in [9.17, 15) is 27.2 Å². The van der Waals surface area contributed by atoms with E-state index in [2.05, 4.69) is 25.5 Å². The van der Waals surface area contributed by atoms with Crippen molar-refractivity contribution in [1.82, 2.24) is 25.4 Å². The van der Waals surface area contributed by atoms with Crippen LogP contribution in [0.1, 0.15) is 30.9 Å². The summed E-state index contributed by atoms with van der Waals surface area (Å²) in [4.78, 5) is 31.3. The van der Waals surface area contributed by atoms with E-state index in [0.29, 0.717) is 28.3 Å². The monoisotopic (exact) mass is 614 g/mol. The van der Waals surface area contributed by atoms with Crippen LogP contribution in [0.25, 0.3) is 17.1 Å². The fourth-order valence-electron chi connectivity index (χ4n) is 4.49. The van der Waals surface area contributed by atoms with Crippen molar-refractivity contribution >= 4 is 29.4 Å². The molecule has 1 aliphatic heterocycles. The molecule has 3 amide bonds. The molecule has 2 heterocycles. The summed E-state index contributed by atoms with van der Waals surface area (Å²) in [6.45, 7) is 3.98. The molecule has 4 aromatic rings. The molecule has 3 aromatic carbocycles. The van der Waals surface area contributed by atoms with Gasteiger partial charge in [0.25, 0.3) is 0 Å². The lowest BCUT2D eigenvalue weighted by Gasteiger charge is -2.28. The topological polar surface area (TPSA) is 101 Å². The van der Waals surface area contributed by atoms with Crippen molar-refractivity contribution in [2.45, 2.75) is 38.2 Å². The summed E-state index contributed by atoms with van der Waals surface area (Å²) in [5, 5.41) is 10.0. The van der Waals surface area contributed by atoms with Gasteiger partial charge in [-0.25, -0.2) is 18.9 Å². The Bertz CT molecular complexity index is 1630. The first-order valence-corrected chi connectivity index (χ1v) is 14.2. The van der Waals surface area contributed by atoms with E-state index in [0.717, 1.165) is 5.56 Å². The van der Waals surface area contributed by atoms with Crippen LogP contribution in [0.5, 0.6) is 5.75 Å². The minimum atomic E-state index is -4.78. The molecule has 1 saturated heterocycles. The van der Waals surface area contributed by atoms with Crippen molar-refractivity contribution in [2.75, 3.05) is 10.7 Å². The van der Waals surface area contributed by atoms with Crippen LogP contribution in [0.4, 0.5) is 28.0 Å². The minimum Gasteiger partial charge on any atom is -0.406 e. The van der Waals surface area contributed by atoms with Gasteiger partial charge in [-0.2, -0.15) is 0 Å². The normalized spacial score (nSPS) is 15.2. The number of anilines is 1. The van der Waals surface area contributed by atoms with Gasteiger partial charge in [-0.3, -0.25) is 9.69 Å². The molecule has 0 radical (unpaired) electrons. The van der Waals surface area contributed by atoms with Crippen molar-refractivity contribution in [3.05, 3.63) is 90.0 Å². The molecule has 1 atom stereocenters. The van der Waals surface area contributed by atoms with Crippen molar-refractivity contribution in [3.8, 4) is 22.8 Å². The van der Waals surface area contributed by atoms with Gasteiger partial charge < -0.3 is 15.4 Å². The van der Waals surface area contributed by atoms with Crippen LogP contribution < -0.4 is 20.3 Å². The van der Waals surface area contributed by atoms with Crippen molar-refractivity contribution in [2.24, 2.45) is 0 Å². The molecule has 14 heteroatoms. The van der Waals surface area contributed by atoms with Crippen LogP contribution in [0.2, 0.25) is 0 Å². The zero-order valence-corrected chi connectivity index (χ0v) is 23.7. The summed E-state index contributed by atoms with van der Waals surface area (Å²) < 4.78 is 56.5. The second-order valence-electron chi connectivity index (χ2n) is 9.87. The predicted molar refractivity (Wildman–Crippen MR) is 153 cm³/mol. The fraction of sp³-hybridized carbons (Fsp3) is 0.241. The molecule has 43 heavy (non-hydrogen) atoms. The zero-order chi connectivity index (χ0) is 30.7. The zero-order valence-electron chi connectivity index (χ0n) is 22.9. The van der Waals surface area contributed by atoms with Gasteiger partial charge in [-0.1, -0.05) is 32.0 Å². The van der Waals surface area contributed by atoms with Gasteiger partial charge in [-0.05, 0) is 65.6 Å². The average Bonchev–Trinajstić information content (AvgIpc) is 3.59. The number of thioether (sulfide) groups is 1. The van der Waals surface area contributed by atoms with E-state index in [1.807, 2.05) is 19.9 Å². The third-order valence-electron chi connectivity index (χ3n) is 6.46. The Kier molecular flexibility index (Phi) is 8.57. The number of rotatable bonds is 8. The first-order valence-electron chi connectivity index (χ1n) is 13.1. The van der Waals surface area contributed by atoms with Crippen LogP contribution in [0, 0.1) is 5.82 Å². The number of nitrogens with zero attached hydrogens (tertiary/aromatic N) is 4. The maximum atomic E-state index is 13.9. The fourth-order valence-corrected chi connectivity index (χ4v) is 5.50. The Labute approximate surface area is 248 Å². The summed E-state index contributed by atoms with van der Waals surface area (Å²) in [7, 11) is 0. The van der Waals surface area contributed by atoms with Crippen LogP contribution in [0.3, 0.4) is 0 Å². The number of amides is 3. The highest BCUT2D eigenvalue weighted by atomic mass is 32.2. The molecule has 9 nitrogen and oxygen atoms in total. The lowest BCUT2D eigenvalue weighted by molar-refractivity contribution is -0.274. The van der Waals surface area contributed by atoms with Gasteiger partial charge >= 0.3 is 12.4 Å². The number of benzene rings is 3. The lowest BCUT2D eigenvalue weighted by atomic mass is 10.00. The van der Waals surface area contributed by atoms with E-state index in [1.165, 1.54) is 64.1 Å². The highest BCUT2D eigenvalue weighted by Gasteiger charge is 2.35. The van der Waals surface area contributed by atoms with Gasteiger partial charge in [0.15, 0.2) is 11.3 Å². The molecule has 1 aromatic heterocycles. The van der Waals surface area contributed by atoms with Crippen LogP contribution in [-0.2, 0) is 11.3 Å². The van der Waals surface area contributed by atoms with Gasteiger partial charge in [-0.15, -0.1) is 30.0 Å². The third kappa shape index (κ3) is 7.25. The largest absolute Gasteiger partial charge is 0.573 e. The molecule has 2 N–H and O–H groups in total. The molecule has 0 bridgehead atoms. The quantitative estimate of drug-likeness (QED) is 0.238. The van der Waals surface area contributed by atoms with Crippen molar-refractivity contribution in [3.63, 3.8) is 0 Å². The SMILES string of the molecule is CC(C)c1cc(F)ccc1N1C(=O)CSC1NC(=O)NCc1cccc(-c2ncn(-c3ccc(OC(F)(F)F)cc3)n2)c1. The molecule has 1 fully saturated rings. The number of alkyl halides is 3. The Balaban J connectivity index is 1.22. The number of ether oxygens (including phenoxy) is 1. The first kappa shape index (κ1) is 29.9. The number of hydrogen-bond acceptors (Lipinski definition) is 6. The predicted octanol–water partition coefficient (Wildman–Crippen LogP) is 5.96. The number of carbonyl (C=O) groups excluding carboxylic acids is 2. The number of nitrogens with one attached hydrogen (secondary N) is 2. The van der Waals surface area contributed by atoms with E-state index in [4.69, 9.17) is 0 Å². The molecule has 0 aliphatic carbocycles. The van der Waals surface area contributed by atoms with Crippen molar-refractivity contribution < 1.29 is 31.9 Å². The molecule has 5 rings (SSSR count). The first-order chi connectivity index (χ1) is 20.5. The number of halogens is 4. The highest BCUT2D eigenvalue weighted by Crippen LogP contribution is 2.35. The van der Waals surface area contributed by atoms with Gasteiger partial charge in [0.05, 0.1) is 17.1 Å². The summed E-state index contributed by atoms with van der Waals surface area (Å²) in [6.07, 6.45) is -3.34.